The van der Waals surface area contributed by atoms with Crippen LogP contribution in [0.1, 0.15) is 31.7 Å². The normalized spacial score (nSPS) is 24.6. The fourth-order valence-corrected chi connectivity index (χ4v) is 3.12. The maximum atomic E-state index is 11.7. The number of aromatic nitrogens is 2. The SMILES string of the molecule is CCC[C@@]1(C(=O)O)CN(Cc2cnn(C)c2)CC[C@H]1O.O=CO. The second-order valence-corrected chi connectivity index (χ2v) is 5.85. The zero-order valence-electron chi connectivity index (χ0n) is 13.6. The molecule has 1 aromatic rings. The molecule has 0 aromatic carbocycles. The molecule has 0 bridgehead atoms. The summed E-state index contributed by atoms with van der Waals surface area (Å²) >= 11 is 0. The third-order valence-corrected chi connectivity index (χ3v) is 4.15. The van der Waals surface area contributed by atoms with E-state index in [1.165, 1.54) is 0 Å². The number of aryl methyl sites for hydroxylation is 1. The van der Waals surface area contributed by atoms with Gasteiger partial charge in [-0.3, -0.25) is 19.2 Å². The van der Waals surface area contributed by atoms with Crippen LogP contribution in [0.2, 0.25) is 0 Å². The minimum absolute atomic E-state index is 0.250. The maximum absolute atomic E-state index is 11.7. The summed E-state index contributed by atoms with van der Waals surface area (Å²) in [6.07, 6.45) is 4.75. The lowest BCUT2D eigenvalue weighted by Gasteiger charge is -2.43. The largest absolute Gasteiger partial charge is 0.483 e. The predicted molar refractivity (Wildman–Crippen MR) is 82.8 cm³/mol. The summed E-state index contributed by atoms with van der Waals surface area (Å²) in [5.41, 5.74) is 0.0366. The van der Waals surface area contributed by atoms with Crippen molar-refractivity contribution in [2.45, 2.75) is 38.8 Å². The lowest BCUT2D eigenvalue weighted by Crippen LogP contribution is -2.55. The number of carbonyl (C=O) groups is 2. The molecule has 2 atom stereocenters. The minimum Gasteiger partial charge on any atom is -0.483 e. The average Bonchev–Trinajstić information content (AvgIpc) is 2.88. The Bertz CT molecular complexity index is 519. The van der Waals surface area contributed by atoms with Crippen LogP contribution < -0.4 is 0 Å². The van der Waals surface area contributed by atoms with Gasteiger partial charge in [-0.15, -0.1) is 0 Å². The Morgan fingerprint density at radius 3 is 2.70 bits per heavy atom. The monoisotopic (exact) mass is 327 g/mol. The van der Waals surface area contributed by atoms with Crippen LogP contribution in [0.15, 0.2) is 12.4 Å². The van der Waals surface area contributed by atoms with E-state index >= 15 is 0 Å². The van der Waals surface area contributed by atoms with Crippen LogP contribution in [0.25, 0.3) is 0 Å². The first-order chi connectivity index (χ1) is 10.9. The minimum atomic E-state index is -1.03. The first-order valence-electron chi connectivity index (χ1n) is 7.58. The highest BCUT2D eigenvalue weighted by Gasteiger charge is 2.48. The Labute approximate surface area is 135 Å². The highest BCUT2D eigenvalue weighted by atomic mass is 16.4. The van der Waals surface area contributed by atoms with E-state index in [1.807, 2.05) is 20.2 Å². The van der Waals surface area contributed by atoms with E-state index in [0.29, 0.717) is 25.9 Å². The Morgan fingerprint density at radius 2 is 2.22 bits per heavy atom. The molecule has 0 spiro atoms. The van der Waals surface area contributed by atoms with Crippen molar-refractivity contribution in [3.63, 3.8) is 0 Å². The number of aliphatic carboxylic acids is 1. The molecule has 0 radical (unpaired) electrons. The number of rotatable bonds is 5. The van der Waals surface area contributed by atoms with Crippen LogP contribution in [0.5, 0.6) is 0 Å². The van der Waals surface area contributed by atoms with Crippen LogP contribution in [-0.4, -0.2) is 61.6 Å². The summed E-state index contributed by atoms with van der Waals surface area (Å²) in [5, 5.41) is 30.8. The lowest BCUT2D eigenvalue weighted by molar-refractivity contribution is -0.164. The van der Waals surface area contributed by atoms with Crippen molar-refractivity contribution >= 4 is 12.4 Å². The van der Waals surface area contributed by atoms with E-state index < -0.39 is 17.5 Å². The molecule has 1 saturated heterocycles. The number of hydrogen-bond donors (Lipinski definition) is 3. The molecule has 0 amide bonds. The van der Waals surface area contributed by atoms with Gasteiger partial charge in [-0.05, 0) is 12.8 Å². The molecule has 0 aliphatic carbocycles. The predicted octanol–water partition coefficient (Wildman–Crippen LogP) is 0.559. The molecule has 2 rings (SSSR count). The van der Waals surface area contributed by atoms with E-state index in [-0.39, 0.29) is 6.47 Å². The quantitative estimate of drug-likeness (QED) is 0.677. The Morgan fingerprint density at radius 1 is 1.57 bits per heavy atom. The van der Waals surface area contributed by atoms with Gasteiger partial charge in [0.1, 0.15) is 5.41 Å². The van der Waals surface area contributed by atoms with Gasteiger partial charge in [-0.2, -0.15) is 5.10 Å². The number of carboxylic acid groups (broad SMARTS) is 2. The number of carboxylic acids is 1. The van der Waals surface area contributed by atoms with Crippen molar-refractivity contribution in [1.82, 2.24) is 14.7 Å². The van der Waals surface area contributed by atoms with Gasteiger partial charge >= 0.3 is 5.97 Å². The number of piperidine rings is 1. The molecule has 8 heteroatoms. The molecule has 0 unspecified atom stereocenters. The van der Waals surface area contributed by atoms with Crippen LogP contribution in [0.4, 0.5) is 0 Å². The Hall–Kier alpha value is -1.93. The second kappa shape index (κ2) is 8.64. The smallest absolute Gasteiger partial charge is 0.313 e. The second-order valence-electron chi connectivity index (χ2n) is 5.85. The summed E-state index contributed by atoms with van der Waals surface area (Å²) in [6.45, 7) is 3.50. The third kappa shape index (κ3) is 4.77. The highest BCUT2D eigenvalue weighted by Crippen LogP contribution is 2.36. The Kier molecular flexibility index (Phi) is 7.18. The van der Waals surface area contributed by atoms with Gasteiger partial charge in [0.25, 0.3) is 6.47 Å². The molecule has 23 heavy (non-hydrogen) atoms. The maximum Gasteiger partial charge on any atom is 0.313 e. The van der Waals surface area contributed by atoms with E-state index in [2.05, 4.69) is 10.00 Å². The number of hydrogen-bond acceptors (Lipinski definition) is 5. The summed E-state index contributed by atoms with van der Waals surface area (Å²) in [5.74, 6) is -0.886. The fraction of sp³-hybridized carbons (Fsp3) is 0.667. The van der Waals surface area contributed by atoms with Gasteiger partial charge in [0, 0.05) is 38.4 Å². The van der Waals surface area contributed by atoms with Gasteiger partial charge in [0.05, 0.1) is 12.3 Å². The van der Waals surface area contributed by atoms with Crippen molar-refractivity contribution in [2.75, 3.05) is 13.1 Å². The topological polar surface area (TPSA) is 116 Å². The molecular weight excluding hydrogens is 302 g/mol. The average molecular weight is 327 g/mol. The summed E-state index contributed by atoms with van der Waals surface area (Å²) in [6, 6.07) is 0. The molecular formula is C15H25N3O5. The number of likely N-dealkylation sites (tertiary alicyclic amines) is 1. The van der Waals surface area contributed by atoms with Gasteiger partial charge < -0.3 is 15.3 Å². The molecule has 130 valence electrons. The van der Waals surface area contributed by atoms with Crippen LogP contribution in [0, 0.1) is 5.41 Å². The standard InChI is InChI=1S/C14H23N3O3.CH2O2/c1-3-5-14(13(19)20)10-17(6-4-12(14)18)9-11-7-15-16(2)8-11;2-1-3/h7-8,12,18H,3-6,9-10H2,1-2H3,(H,19,20);1H,(H,2,3)/t12-,14-;/m1./s1. The molecule has 8 nitrogen and oxygen atoms in total. The van der Waals surface area contributed by atoms with Gasteiger partial charge in [0.2, 0.25) is 0 Å². The molecule has 1 aliphatic heterocycles. The van der Waals surface area contributed by atoms with Crippen molar-refractivity contribution in [3.05, 3.63) is 18.0 Å². The number of aliphatic hydroxyl groups is 1. The van der Waals surface area contributed by atoms with Gasteiger partial charge in [-0.1, -0.05) is 13.3 Å². The zero-order chi connectivity index (χ0) is 17.5. The van der Waals surface area contributed by atoms with Crippen molar-refractivity contribution < 1.29 is 24.9 Å². The Balaban J connectivity index is 0.000000816. The van der Waals surface area contributed by atoms with Crippen LogP contribution in [-0.2, 0) is 23.2 Å². The van der Waals surface area contributed by atoms with Crippen molar-refractivity contribution in [3.8, 4) is 0 Å². The lowest BCUT2D eigenvalue weighted by atomic mass is 9.74. The summed E-state index contributed by atoms with van der Waals surface area (Å²) in [7, 11) is 1.86. The third-order valence-electron chi connectivity index (χ3n) is 4.15. The van der Waals surface area contributed by atoms with Crippen molar-refractivity contribution in [1.29, 1.82) is 0 Å². The zero-order valence-corrected chi connectivity index (χ0v) is 13.6. The fourth-order valence-electron chi connectivity index (χ4n) is 3.12. The van der Waals surface area contributed by atoms with E-state index in [9.17, 15) is 15.0 Å². The van der Waals surface area contributed by atoms with E-state index in [0.717, 1.165) is 18.5 Å². The molecule has 1 aromatic heterocycles. The van der Waals surface area contributed by atoms with Gasteiger partial charge in [-0.25, -0.2) is 0 Å². The summed E-state index contributed by atoms with van der Waals surface area (Å²) < 4.78 is 1.74. The van der Waals surface area contributed by atoms with Crippen molar-refractivity contribution in [2.24, 2.45) is 12.5 Å². The van der Waals surface area contributed by atoms with E-state index in [1.54, 1.807) is 10.9 Å². The van der Waals surface area contributed by atoms with E-state index in [4.69, 9.17) is 9.90 Å². The highest BCUT2D eigenvalue weighted by molar-refractivity contribution is 5.76. The molecule has 2 heterocycles. The van der Waals surface area contributed by atoms with Gasteiger partial charge in [0.15, 0.2) is 0 Å². The number of nitrogens with zero attached hydrogens (tertiary/aromatic N) is 3. The first-order valence-corrected chi connectivity index (χ1v) is 7.58. The first kappa shape index (κ1) is 19.1. The molecule has 1 fully saturated rings. The molecule has 3 N–H and O–H groups in total. The summed E-state index contributed by atoms with van der Waals surface area (Å²) in [4.78, 5) is 22.1. The van der Waals surface area contributed by atoms with Crippen LogP contribution in [0.3, 0.4) is 0 Å². The van der Waals surface area contributed by atoms with Crippen LogP contribution >= 0.6 is 0 Å². The molecule has 1 aliphatic rings. The molecule has 0 saturated carbocycles. The number of aliphatic hydroxyl groups excluding tert-OH is 1.